The molecular weight excluding hydrogens is 458 g/mol. The fraction of sp³-hybridized carbons (Fsp3) is 0.250. The molecule has 1 aliphatic heterocycles. The molecule has 0 unspecified atom stereocenters. The fourth-order valence-corrected chi connectivity index (χ4v) is 4.96. The van der Waals surface area contributed by atoms with E-state index in [4.69, 9.17) is 14.6 Å². The predicted octanol–water partition coefficient (Wildman–Crippen LogP) is 2.42. The molecular formula is C24H23N3O6S. The zero-order chi connectivity index (χ0) is 23.8. The molecule has 3 N–H and O–H groups in total. The van der Waals surface area contributed by atoms with Crippen LogP contribution in [0.3, 0.4) is 0 Å². The lowest BCUT2D eigenvalue weighted by atomic mass is 9.94. The molecule has 1 aliphatic carbocycles. The highest BCUT2D eigenvalue weighted by atomic mass is 32.2. The third-order valence-corrected chi connectivity index (χ3v) is 7.44. The number of ether oxygens (including phenoxy) is 2. The molecule has 1 amide bonds. The molecule has 0 bridgehead atoms. The van der Waals surface area contributed by atoms with Crippen molar-refractivity contribution >= 4 is 21.7 Å². The summed E-state index contributed by atoms with van der Waals surface area (Å²) in [5.41, 5.74) is 1.57. The Hall–Kier alpha value is -3.47. The number of carbonyl (C=O) groups excluding carboxylic acids is 1. The summed E-state index contributed by atoms with van der Waals surface area (Å²) in [5.74, 6) is 1.61. The smallest absolute Gasteiger partial charge is 0.240 e. The van der Waals surface area contributed by atoms with E-state index >= 15 is 0 Å². The molecule has 0 radical (unpaired) electrons. The van der Waals surface area contributed by atoms with Gasteiger partial charge < -0.3 is 19.9 Å². The second kappa shape index (κ2) is 8.71. The molecule has 1 fully saturated rings. The number of aliphatic hydroxyl groups is 1. The van der Waals surface area contributed by atoms with Gasteiger partial charge in [0.2, 0.25) is 22.7 Å². The van der Waals surface area contributed by atoms with E-state index in [1.54, 1.807) is 30.3 Å². The molecule has 2 aromatic carbocycles. The van der Waals surface area contributed by atoms with E-state index in [1.165, 1.54) is 12.1 Å². The topological polar surface area (TPSA) is 127 Å². The SMILES string of the molecule is O=C(Nc1cccc(-c2ccc(S(=O)(=O)NCCO)cc2)n1)C1(c2ccc3c(c2)OCO3)CC1. The van der Waals surface area contributed by atoms with E-state index < -0.39 is 15.4 Å². The van der Waals surface area contributed by atoms with Crippen LogP contribution in [-0.2, 0) is 20.2 Å². The van der Waals surface area contributed by atoms with Crippen molar-refractivity contribution in [2.45, 2.75) is 23.2 Å². The number of fused-ring (bicyclic) bond motifs is 1. The van der Waals surface area contributed by atoms with E-state index in [0.717, 1.165) is 18.4 Å². The standard InChI is InChI=1S/C24H23N3O6S/c28-13-12-25-34(30,31)18-7-4-16(5-8-18)19-2-1-3-22(26-19)27-23(29)24(10-11-24)17-6-9-20-21(14-17)33-15-32-20/h1-9,14,25,28H,10-13,15H2,(H,26,27,29). The van der Waals surface area contributed by atoms with Crippen LogP contribution >= 0.6 is 0 Å². The minimum Gasteiger partial charge on any atom is -0.454 e. The van der Waals surface area contributed by atoms with E-state index in [1.807, 2.05) is 18.2 Å². The summed E-state index contributed by atoms with van der Waals surface area (Å²) in [6, 6.07) is 17.1. The number of amides is 1. The van der Waals surface area contributed by atoms with Gasteiger partial charge in [-0.1, -0.05) is 24.3 Å². The van der Waals surface area contributed by atoms with Crippen molar-refractivity contribution in [3.8, 4) is 22.8 Å². The van der Waals surface area contributed by atoms with Crippen molar-refractivity contribution in [1.82, 2.24) is 9.71 Å². The Morgan fingerprint density at radius 1 is 1.03 bits per heavy atom. The van der Waals surface area contributed by atoms with Crippen LogP contribution in [0, 0.1) is 0 Å². The highest BCUT2D eigenvalue weighted by Gasteiger charge is 2.51. The summed E-state index contributed by atoms with van der Waals surface area (Å²) in [5, 5.41) is 11.8. The number of pyridine rings is 1. The number of nitrogens with zero attached hydrogens (tertiary/aromatic N) is 1. The van der Waals surface area contributed by atoms with Crippen molar-refractivity contribution in [2.75, 3.05) is 25.3 Å². The van der Waals surface area contributed by atoms with E-state index in [2.05, 4.69) is 15.0 Å². The second-order valence-electron chi connectivity index (χ2n) is 8.16. The maximum absolute atomic E-state index is 13.2. The number of aliphatic hydroxyl groups excluding tert-OH is 1. The number of aromatic nitrogens is 1. The van der Waals surface area contributed by atoms with Crippen molar-refractivity contribution in [3.05, 3.63) is 66.2 Å². The monoisotopic (exact) mass is 481 g/mol. The molecule has 10 heteroatoms. The summed E-state index contributed by atoms with van der Waals surface area (Å²) in [6.45, 7) is -0.155. The van der Waals surface area contributed by atoms with E-state index in [0.29, 0.717) is 28.6 Å². The predicted molar refractivity (Wildman–Crippen MR) is 124 cm³/mol. The maximum atomic E-state index is 13.2. The van der Waals surface area contributed by atoms with Crippen LogP contribution in [0.1, 0.15) is 18.4 Å². The van der Waals surface area contributed by atoms with E-state index in [-0.39, 0.29) is 30.7 Å². The van der Waals surface area contributed by atoms with Gasteiger partial charge in [-0.05, 0) is 54.8 Å². The summed E-state index contributed by atoms with van der Waals surface area (Å²) < 4.78 is 37.5. The van der Waals surface area contributed by atoms with Gasteiger partial charge in [0.25, 0.3) is 0 Å². The third-order valence-electron chi connectivity index (χ3n) is 5.96. The third kappa shape index (κ3) is 4.23. The molecule has 0 spiro atoms. The van der Waals surface area contributed by atoms with Crippen LogP contribution in [0.25, 0.3) is 11.3 Å². The summed E-state index contributed by atoms with van der Waals surface area (Å²) in [7, 11) is -3.69. The average molecular weight is 482 g/mol. The van der Waals surface area contributed by atoms with Crippen LogP contribution in [0.5, 0.6) is 11.5 Å². The Morgan fingerprint density at radius 3 is 2.53 bits per heavy atom. The van der Waals surface area contributed by atoms with Gasteiger partial charge in [-0.15, -0.1) is 0 Å². The van der Waals surface area contributed by atoms with Gasteiger partial charge in [-0.25, -0.2) is 18.1 Å². The summed E-state index contributed by atoms with van der Waals surface area (Å²) in [6.07, 6.45) is 1.47. The molecule has 34 heavy (non-hydrogen) atoms. The minimum absolute atomic E-state index is 0.0544. The lowest BCUT2D eigenvalue weighted by Crippen LogP contribution is -2.28. The molecule has 2 aliphatic rings. The molecule has 0 atom stereocenters. The Balaban J connectivity index is 1.32. The fourth-order valence-electron chi connectivity index (χ4n) is 3.94. The first-order chi connectivity index (χ1) is 16.4. The molecule has 1 aromatic heterocycles. The number of nitrogens with one attached hydrogen (secondary N) is 2. The normalized spacial score (nSPS) is 15.7. The van der Waals surface area contributed by atoms with Gasteiger partial charge in [0.1, 0.15) is 5.82 Å². The Morgan fingerprint density at radius 2 is 1.79 bits per heavy atom. The molecule has 9 nitrogen and oxygen atoms in total. The lowest BCUT2D eigenvalue weighted by molar-refractivity contribution is -0.118. The number of benzene rings is 2. The number of sulfonamides is 1. The number of hydrogen-bond donors (Lipinski definition) is 3. The highest BCUT2D eigenvalue weighted by Crippen LogP contribution is 2.51. The van der Waals surface area contributed by atoms with Crippen molar-refractivity contribution in [1.29, 1.82) is 0 Å². The highest BCUT2D eigenvalue weighted by molar-refractivity contribution is 7.89. The van der Waals surface area contributed by atoms with Gasteiger partial charge in [-0.3, -0.25) is 4.79 Å². The zero-order valence-electron chi connectivity index (χ0n) is 18.2. The van der Waals surface area contributed by atoms with Gasteiger partial charge in [0, 0.05) is 12.1 Å². The van der Waals surface area contributed by atoms with Crippen LogP contribution in [-0.4, -0.2) is 44.4 Å². The average Bonchev–Trinajstić information content (AvgIpc) is 3.54. The first-order valence-corrected chi connectivity index (χ1v) is 12.3. The number of rotatable bonds is 8. The Labute approximate surface area is 196 Å². The van der Waals surface area contributed by atoms with Crippen molar-refractivity contribution in [2.24, 2.45) is 0 Å². The second-order valence-corrected chi connectivity index (χ2v) is 9.93. The number of carbonyl (C=O) groups is 1. The van der Waals surface area contributed by atoms with Crippen LogP contribution < -0.4 is 19.5 Å². The van der Waals surface area contributed by atoms with Gasteiger partial charge >= 0.3 is 0 Å². The van der Waals surface area contributed by atoms with Crippen LogP contribution in [0.4, 0.5) is 5.82 Å². The number of hydrogen-bond acceptors (Lipinski definition) is 7. The first kappa shape index (κ1) is 22.3. The molecule has 2 heterocycles. The van der Waals surface area contributed by atoms with E-state index in [9.17, 15) is 13.2 Å². The van der Waals surface area contributed by atoms with Gasteiger partial charge in [0.05, 0.1) is 22.6 Å². The summed E-state index contributed by atoms with van der Waals surface area (Å²) >= 11 is 0. The Kier molecular flexibility index (Phi) is 5.72. The van der Waals surface area contributed by atoms with Gasteiger partial charge in [-0.2, -0.15) is 0 Å². The van der Waals surface area contributed by atoms with Crippen molar-refractivity contribution in [3.63, 3.8) is 0 Å². The molecule has 3 aromatic rings. The number of anilines is 1. The first-order valence-electron chi connectivity index (χ1n) is 10.8. The van der Waals surface area contributed by atoms with Crippen molar-refractivity contribution < 1.29 is 27.8 Å². The summed E-state index contributed by atoms with van der Waals surface area (Å²) in [4.78, 5) is 17.8. The molecule has 176 valence electrons. The lowest BCUT2D eigenvalue weighted by Gasteiger charge is -2.16. The molecule has 1 saturated carbocycles. The molecule has 0 saturated heterocycles. The molecule has 5 rings (SSSR count). The minimum atomic E-state index is -3.69. The van der Waals surface area contributed by atoms with Crippen LogP contribution in [0.2, 0.25) is 0 Å². The van der Waals surface area contributed by atoms with Gasteiger partial charge in [0.15, 0.2) is 11.5 Å². The Bertz CT molecular complexity index is 1340. The quantitative estimate of drug-likeness (QED) is 0.451. The zero-order valence-corrected chi connectivity index (χ0v) is 19.0. The maximum Gasteiger partial charge on any atom is 0.240 e. The van der Waals surface area contributed by atoms with Crippen LogP contribution in [0.15, 0.2) is 65.6 Å². The largest absolute Gasteiger partial charge is 0.454 e.